The Morgan fingerprint density at radius 2 is 2.25 bits per heavy atom. The molecule has 1 N–H and O–H groups in total. The molecule has 20 heavy (non-hydrogen) atoms. The summed E-state index contributed by atoms with van der Waals surface area (Å²) in [5, 5.41) is 8.19. The summed E-state index contributed by atoms with van der Waals surface area (Å²) < 4.78 is 7.50. The first-order chi connectivity index (χ1) is 9.63. The lowest BCUT2D eigenvalue weighted by atomic mass is 9.94. The second-order valence-electron chi connectivity index (χ2n) is 5.65. The summed E-state index contributed by atoms with van der Waals surface area (Å²) in [5.74, 6) is 0. The van der Waals surface area contributed by atoms with Gasteiger partial charge in [0.1, 0.15) is 0 Å². The van der Waals surface area contributed by atoms with Crippen molar-refractivity contribution in [3.63, 3.8) is 0 Å². The summed E-state index contributed by atoms with van der Waals surface area (Å²) in [6.07, 6.45) is 6.38. The zero-order chi connectivity index (χ0) is 14.5. The van der Waals surface area contributed by atoms with Crippen molar-refractivity contribution in [3.8, 4) is 0 Å². The van der Waals surface area contributed by atoms with Gasteiger partial charge in [0.15, 0.2) is 0 Å². The highest BCUT2D eigenvalue weighted by atomic mass is 16.5. The van der Waals surface area contributed by atoms with Crippen LogP contribution in [-0.2, 0) is 18.2 Å². The van der Waals surface area contributed by atoms with E-state index in [9.17, 15) is 0 Å². The summed E-state index contributed by atoms with van der Waals surface area (Å²) >= 11 is 0. The predicted molar refractivity (Wildman–Crippen MR) is 81.7 cm³/mol. The zero-order valence-corrected chi connectivity index (χ0v) is 13.2. The second kappa shape index (κ2) is 6.93. The summed E-state index contributed by atoms with van der Waals surface area (Å²) in [6, 6.07) is 0.372. The number of hydrogen-bond donors (Lipinski definition) is 1. The van der Waals surface area contributed by atoms with Crippen LogP contribution in [0, 0.1) is 13.8 Å². The maximum atomic E-state index is 5.52. The van der Waals surface area contributed by atoms with Gasteiger partial charge >= 0.3 is 0 Å². The number of rotatable bonds is 6. The minimum Gasteiger partial charge on any atom is -0.501 e. The average molecular weight is 277 g/mol. The van der Waals surface area contributed by atoms with E-state index in [1.165, 1.54) is 16.8 Å². The van der Waals surface area contributed by atoms with Gasteiger partial charge in [-0.15, -0.1) is 0 Å². The first-order valence-electron chi connectivity index (χ1n) is 7.66. The van der Waals surface area contributed by atoms with Crippen molar-refractivity contribution in [1.82, 2.24) is 15.1 Å². The van der Waals surface area contributed by atoms with Crippen molar-refractivity contribution in [2.45, 2.75) is 52.5 Å². The predicted octanol–water partition coefficient (Wildman–Crippen LogP) is 2.64. The lowest BCUT2D eigenvalue weighted by molar-refractivity contribution is 0.219. The quantitative estimate of drug-likeness (QED) is 0.869. The van der Waals surface area contributed by atoms with Gasteiger partial charge < -0.3 is 10.1 Å². The Balaban J connectivity index is 2.16. The van der Waals surface area contributed by atoms with Crippen LogP contribution in [0.4, 0.5) is 0 Å². The third kappa shape index (κ3) is 3.42. The molecule has 1 aromatic rings. The fourth-order valence-corrected chi connectivity index (χ4v) is 2.81. The van der Waals surface area contributed by atoms with E-state index in [0.29, 0.717) is 6.04 Å². The van der Waals surface area contributed by atoms with Crippen molar-refractivity contribution in [3.05, 3.63) is 28.8 Å². The normalized spacial score (nSPS) is 16.7. The van der Waals surface area contributed by atoms with E-state index < -0.39 is 0 Å². The van der Waals surface area contributed by atoms with Crippen LogP contribution in [-0.4, -0.2) is 29.0 Å². The summed E-state index contributed by atoms with van der Waals surface area (Å²) in [5.41, 5.74) is 5.17. The third-order valence-corrected chi connectivity index (χ3v) is 4.12. The molecule has 1 aliphatic heterocycles. The van der Waals surface area contributed by atoms with Crippen molar-refractivity contribution >= 4 is 0 Å². The van der Waals surface area contributed by atoms with Crippen LogP contribution in [0.2, 0.25) is 0 Å². The smallest absolute Gasteiger partial charge is 0.0876 e. The molecule has 4 nitrogen and oxygen atoms in total. The van der Waals surface area contributed by atoms with E-state index >= 15 is 0 Å². The molecule has 0 aromatic carbocycles. The fraction of sp³-hybridized carbons (Fsp3) is 0.688. The van der Waals surface area contributed by atoms with E-state index in [4.69, 9.17) is 4.74 Å². The SMILES string of the molecule is CCCNC(Cc1c(C)nn(C)c1C)C1=COCCC1. The number of aryl methyl sites for hydroxylation is 2. The van der Waals surface area contributed by atoms with Gasteiger partial charge in [0.05, 0.1) is 18.6 Å². The molecular formula is C16H27N3O. The molecule has 0 bridgehead atoms. The topological polar surface area (TPSA) is 39.1 Å². The third-order valence-electron chi connectivity index (χ3n) is 4.12. The van der Waals surface area contributed by atoms with E-state index in [1.807, 2.05) is 18.0 Å². The van der Waals surface area contributed by atoms with Crippen molar-refractivity contribution in [2.75, 3.05) is 13.2 Å². The number of ether oxygens (including phenoxy) is 1. The lowest BCUT2D eigenvalue weighted by Crippen LogP contribution is -2.35. The van der Waals surface area contributed by atoms with Crippen LogP contribution >= 0.6 is 0 Å². The van der Waals surface area contributed by atoms with Gasteiger partial charge in [0.25, 0.3) is 0 Å². The highest BCUT2D eigenvalue weighted by Gasteiger charge is 2.20. The first kappa shape index (κ1) is 15.1. The Morgan fingerprint density at radius 1 is 1.45 bits per heavy atom. The average Bonchev–Trinajstić information content (AvgIpc) is 2.70. The largest absolute Gasteiger partial charge is 0.501 e. The molecule has 0 aliphatic carbocycles. The number of aromatic nitrogens is 2. The van der Waals surface area contributed by atoms with Gasteiger partial charge in [-0.2, -0.15) is 5.10 Å². The zero-order valence-electron chi connectivity index (χ0n) is 13.2. The van der Waals surface area contributed by atoms with Gasteiger partial charge in [0.2, 0.25) is 0 Å². The highest BCUT2D eigenvalue weighted by molar-refractivity contribution is 5.28. The molecule has 0 amide bonds. The standard InChI is InChI=1S/C16H27N3O/c1-5-8-17-16(14-7-6-9-20-11-14)10-15-12(2)18-19(4)13(15)3/h11,16-17H,5-10H2,1-4H3. The highest BCUT2D eigenvalue weighted by Crippen LogP contribution is 2.22. The summed E-state index contributed by atoms with van der Waals surface area (Å²) in [7, 11) is 2.02. The van der Waals surface area contributed by atoms with Gasteiger partial charge in [-0.05, 0) is 57.2 Å². The minimum atomic E-state index is 0.372. The maximum absolute atomic E-state index is 5.52. The molecular weight excluding hydrogens is 250 g/mol. The molecule has 2 rings (SSSR count). The van der Waals surface area contributed by atoms with E-state index in [2.05, 4.69) is 31.2 Å². The van der Waals surface area contributed by atoms with Crippen LogP contribution in [0.5, 0.6) is 0 Å². The Labute approximate surface area is 122 Å². The molecule has 0 fully saturated rings. The van der Waals surface area contributed by atoms with E-state index in [1.54, 1.807) is 0 Å². The van der Waals surface area contributed by atoms with Crippen LogP contribution in [0.3, 0.4) is 0 Å². The monoisotopic (exact) mass is 277 g/mol. The fourth-order valence-electron chi connectivity index (χ4n) is 2.81. The van der Waals surface area contributed by atoms with E-state index in [0.717, 1.165) is 44.5 Å². The minimum absolute atomic E-state index is 0.372. The lowest BCUT2D eigenvalue weighted by Gasteiger charge is -2.24. The Bertz CT molecular complexity index is 476. The van der Waals surface area contributed by atoms with Crippen LogP contribution < -0.4 is 5.32 Å². The molecule has 0 saturated heterocycles. The molecule has 0 radical (unpaired) electrons. The van der Waals surface area contributed by atoms with Gasteiger partial charge in [-0.25, -0.2) is 0 Å². The summed E-state index contributed by atoms with van der Waals surface area (Å²) in [6.45, 7) is 8.36. The first-order valence-corrected chi connectivity index (χ1v) is 7.66. The molecule has 0 spiro atoms. The van der Waals surface area contributed by atoms with Crippen LogP contribution in [0.15, 0.2) is 11.8 Å². The van der Waals surface area contributed by atoms with Crippen LogP contribution in [0.1, 0.15) is 43.1 Å². The maximum Gasteiger partial charge on any atom is 0.0876 e. The molecule has 2 heterocycles. The second-order valence-corrected chi connectivity index (χ2v) is 5.65. The molecule has 0 saturated carbocycles. The molecule has 1 atom stereocenters. The van der Waals surface area contributed by atoms with Crippen molar-refractivity contribution < 1.29 is 4.74 Å². The van der Waals surface area contributed by atoms with Gasteiger partial charge in [-0.1, -0.05) is 6.92 Å². The summed E-state index contributed by atoms with van der Waals surface area (Å²) in [4.78, 5) is 0. The van der Waals surface area contributed by atoms with Crippen LogP contribution in [0.25, 0.3) is 0 Å². The Morgan fingerprint density at radius 3 is 2.80 bits per heavy atom. The molecule has 1 aliphatic rings. The van der Waals surface area contributed by atoms with E-state index in [-0.39, 0.29) is 0 Å². The number of nitrogens with one attached hydrogen (secondary N) is 1. The number of nitrogens with zero attached hydrogens (tertiary/aromatic N) is 2. The Kier molecular flexibility index (Phi) is 5.24. The van der Waals surface area contributed by atoms with Gasteiger partial charge in [0, 0.05) is 18.8 Å². The molecule has 1 aromatic heterocycles. The Hall–Kier alpha value is -1.29. The van der Waals surface area contributed by atoms with Crippen molar-refractivity contribution in [2.24, 2.45) is 7.05 Å². The number of hydrogen-bond acceptors (Lipinski definition) is 3. The molecule has 112 valence electrons. The molecule has 4 heteroatoms. The molecule has 1 unspecified atom stereocenters. The van der Waals surface area contributed by atoms with Gasteiger partial charge in [-0.3, -0.25) is 4.68 Å². The van der Waals surface area contributed by atoms with Crippen molar-refractivity contribution in [1.29, 1.82) is 0 Å².